The number of rotatable bonds is 7. The molecule has 0 spiro atoms. The Morgan fingerprint density at radius 3 is 2.62 bits per heavy atom. The lowest BCUT2D eigenvalue weighted by molar-refractivity contribution is 0.0286. The number of aliphatic hydroxyl groups is 1. The van der Waals surface area contributed by atoms with Crippen LogP contribution < -0.4 is 4.74 Å². The molecule has 0 heterocycles. The number of ether oxygens (including phenoxy) is 2. The minimum absolute atomic E-state index is 0.268. The minimum atomic E-state index is -0.596. The maximum Gasteiger partial charge on any atom is 0.122 e. The molecule has 1 atom stereocenters. The molecule has 0 aliphatic rings. The molecule has 0 aromatic heterocycles. The van der Waals surface area contributed by atoms with Crippen LogP contribution in [-0.4, -0.2) is 24.9 Å². The lowest BCUT2D eigenvalue weighted by Gasteiger charge is -2.14. The van der Waals surface area contributed by atoms with Crippen molar-refractivity contribution in [1.82, 2.24) is 0 Å². The van der Waals surface area contributed by atoms with E-state index in [9.17, 15) is 5.11 Å². The Morgan fingerprint density at radius 1 is 1.14 bits per heavy atom. The van der Waals surface area contributed by atoms with Crippen LogP contribution >= 0.6 is 11.6 Å². The molecule has 0 fully saturated rings. The van der Waals surface area contributed by atoms with E-state index < -0.39 is 6.10 Å². The van der Waals surface area contributed by atoms with E-state index in [-0.39, 0.29) is 6.61 Å². The molecule has 0 radical (unpaired) electrons. The Kier molecular flexibility index (Phi) is 6.05. The van der Waals surface area contributed by atoms with Crippen molar-refractivity contribution in [2.24, 2.45) is 0 Å². The molecule has 0 saturated carbocycles. The van der Waals surface area contributed by atoms with Crippen LogP contribution in [0.3, 0.4) is 0 Å². The smallest absolute Gasteiger partial charge is 0.122 e. The van der Waals surface area contributed by atoms with Gasteiger partial charge in [-0.15, -0.1) is 0 Å². The zero-order chi connectivity index (χ0) is 15.1. The minimum Gasteiger partial charge on any atom is -0.496 e. The molecular formula is C17H19ClO3. The van der Waals surface area contributed by atoms with E-state index in [2.05, 4.69) is 0 Å². The molecule has 1 unspecified atom stereocenters. The van der Waals surface area contributed by atoms with Crippen molar-refractivity contribution >= 4 is 11.6 Å². The van der Waals surface area contributed by atoms with Crippen LogP contribution in [0.1, 0.15) is 11.1 Å². The van der Waals surface area contributed by atoms with Gasteiger partial charge in [0.05, 0.1) is 26.4 Å². The molecule has 0 bridgehead atoms. The maximum atomic E-state index is 10.1. The molecule has 2 aromatic carbocycles. The average molecular weight is 307 g/mol. The summed E-state index contributed by atoms with van der Waals surface area (Å²) in [4.78, 5) is 0. The average Bonchev–Trinajstić information content (AvgIpc) is 2.48. The SMILES string of the molecule is COc1ccc(Cl)cc1CC(O)COCc1ccccc1. The van der Waals surface area contributed by atoms with Gasteiger partial charge in [-0.25, -0.2) is 0 Å². The second kappa shape index (κ2) is 8.03. The third-order valence-corrected chi connectivity index (χ3v) is 3.35. The topological polar surface area (TPSA) is 38.7 Å². The standard InChI is InChI=1S/C17H19ClO3/c1-20-17-8-7-15(18)9-14(17)10-16(19)12-21-11-13-5-3-2-4-6-13/h2-9,16,19H,10-12H2,1H3. The van der Waals surface area contributed by atoms with Gasteiger partial charge in [-0.05, 0) is 29.3 Å². The summed E-state index contributed by atoms with van der Waals surface area (Å²) >= 11 is 5.97. The van der Waals surface area contributed by atoms with Gasteiger partial charge in [-0.2, -0.15) is 0 Å². The number of benzene rings is 2. The van der Waals surface area contributed by atoms with Gasteiger partial charge in [0.1, 0.15) is 5.75 Å². The fourth-order valence-electron chi connectivity index (χ4n) is 2.11. The van der Waals surface area contributed by atoms with Crippen molar-refractivity contribution in [1.29, 1.82) is 0 Å². The molecule has 2 aromatic rings. The van der Waals surface area contributed by atoms with Gasteiger partial charge in [0.15, 0.2) is 0 Å². The first-order valence-corrected chi connectivity index (χ1v) is 7.19. The molecule has 4 heteroatoms. The highest BCUT2D eigenvalue weighted by molar-refractivity contribution is 6.30. The van der Waals surface area contributed by atoms with Gasteiger partial charge < -0.3 is 14.6 Å². The molecule has 0 aliphatic carbocycles. The van der Waals surface area contributed by atoms with Gasteiger partial charge >= 0.3 is 0 Å². The van der Waals surface area contributed by atoms with E-state index in [1.807, 2.05) is 30.3 Å². The first-order chi connectivity index (χ1) is 10.2. The third kappa shape index (κ3) is 5.05. The summed E-state index contributed by atoms with van der Waals surface area (Å²) < 4.78 is 10.8. The van der Waals surface area contributed by atoms with Crippen molar-refractivity contribution in [3.05, 3.63) is 64.7 Å². The number of methoxy groups -OCH3 is 1. The fraction of sp³-hybridized carbons (Fsp3) is 0.294. The molecule has 1 N–H and O–H groups in total. The van der Waals surface area contributed by atoms with Crippen molar-refractivity contribution < 1.29 is 14.6 Å². The number of halogens is 1. The lowest BCUT2D eigenvalue weighted by atomic mass is 10.1. The van der Waals surface area contributed by atoms with Gasteiger partial charge in [0, 0.05) is 11.4 Å². The normalized spacial score (nSPS) is 12.1. The molecule has 0 saturated heterocycles. The second-order valence-corrected chi connectivity index (χ2v) is 5.25. The van der Waals surface area contributed by atoms with Crippen molar-refractivity contribution in [2.75, 3.05) is 13.7 Å². The summed E-state index contributed by atoms with van der Waals surface area (Å²) in [6, 6.07) is 15.2. The first-order valence-electron chi connectivity index (χ1n) is 6.81. The van der Waals surface area contributed by atoms with Gasteiger partial charge in [0.2, 0.25) is 0 Å². The Balaban J connectivity index is 1.84. The van der Waals surface area contributed by atoms with Crippen LogP contribution in [0.15, 0.2) is 48.5 Å². The fourth-order valence-corrected chi connectivity index (χ4v) is 2.30. The molecular weight excluding hydrogens is 288 g/mol. The van der Waals surface area contributed by atoms with Gasteiger partial charge in [0.25, 0.3) is 0 Å². The Morgan fingerprint density at radius 2 is 1.90 bits per heavy atom. The quantitative estimate of drug-likeness (QED) is 0.851. The molecule has 0 aliphatic heterocycles. The van der Waals surface area contributed by atoms with E-state index in [4.69, 9.17) is 21.1 Å². The van der Waals surface area contributed by atoms with E-state index >= 15 is 0 Å². The van der Waals surface area contributed by atoms with Crippen LogP contribution in [0, 0.1) is 0 Å². The van der Waals surface area contributed by atoms with Gasteiger partial charge in [-0.3, -0.25) is 0 Å². The Hall–Kier alpha value is -1.55. The van der Waals surface area contributed by atoms with Crippen molar-refractivity contribution in [3.8, 4) is 5.75 Å². The van der Waals surface area contributed by atoms with E-state index in [0.717, 1.165) is 16.9 Å². The zero-order valence-electron chi connectivity index (χ0n) is 12.0. The maximum absolute atomic E-state index is 10.1. The summed E-state index contributed by atoms with van der Waals surface area (Å²) in [7, 11) is 1.60. The van der Waals surface area contributed by atoms with Crippen LogP contribution in [0.5, 0.6) is 5.75 Å². The van der Waals surface area contributed by atoms with Crippen molar-refractivity contribution in [2.45, 2.75) is 19.1 Å². The summed E-state index contributed by atoms with van der Waals surface area (Å²) in [5, 5.41) is 10.7. The number of aliphatic hydroxyl groups excluding tert-OH is 1. The molecule has 0 amide bonds. The summed E-state index contributed by atoms with van der Waals surface area (Å²) in [5.74, 6) is 0.724. The van der Waals surface area contributed by atoms with E-state index in [1.165, 1.54) is 0 Å². The summed E-state index contributed by atoms with van der Waals surface area (Å²) in [5.41, 5.74) is 1.96. The second-order valence-electron chi connectivity index (χ2n) is 4.81. The first kappa shape index (κ1) is 15.8. The third-order valence-electron chi connectivity index (χ3n) is 3.12. The number of hydrogen-bond acceptors (Lipinski definition) is 3. The molecule has 112 valence electrons. The van der Waals surface area contributed by atoms with Crippen LogP contribution in [0.4, 0.5) is 0 Å². The molecule has 21 heavy (non-hydrogen) atoms. The number of hydrogen-bond donors (Lipinski definition) is 1. The zero-order valence-corrected chi connectivity index (χ0v) is 12.7. The highest BCUT2D eigenvalue weighted by Crippen LogP contribution is 2.24. The highest BCUT2D eigenvalue weighted by Gasteiger charge is 2.11. The lowest BCUT2D eigenvalue weighted by Crippen LogP contribution is -2.18. The monoisotopic (exact) mass is 306 g/mol. The van der Waals surface area contributed by atoms with Crippen LogP contribution in [0.25, 0.3) is 0 Å². The largest absolute Gasteiger partial charge is 0.496 e. The highest BCUT2D eigenvalue weighted by atomic mass is 35.5. The van der Waals surface area contributed by atoms with Crippen LogP contribution in [-0.2, 0) is 17.8 Å². The Bertz CT molecular complexity index is 557. The molecule has 3 nitrogen and oxygen atoms in total. The van der Waals surface area contributed by atoms with Crippen molar-refractivity contribution in [3.63, 3.8) is 0 Å². The van der Waals surface area contributed by atoms with E-state index in [0.29, 0.717) is 18.1 Å². The molecule has 2 rings (SSSR count). The predicted octanol–water partition coefficient (Wildman–Crippen LogP) is 3.47. The Labute approximate surface area is 130 Å². The predicted molar refractivity (Wildman–Crippen MR) is 83.8 cm³/mol. The summed E-state index contributed by atoms with van der Waals surface area (Å²) in [6.07, 6.45) is -0.153. The van der Waals surface area contributed by atoms with E-state index in [1.54, 1.807) is 25.3 Å². The van der Waals surface area contributed by atoms with Gasteiger partial charge in [-0.1, -0.05) is 41.9 Å². The summed E-state index contributed by atoms with van der Waals surface area (Å²) in [6.45, 7) is 0.759. The van der Waals surface area contributed by atoms with Crippen LogP contribution in [0.2, 0.25) is 5.02 Å².